The van der Waals surface area contributed by atoms with Crippen LogP contribution in [0.15, 0.2) is 34.9 Å². The molecule has 21 heavy (non-hydrogen) atoms. The van der Waals surface area contributed by atoms with Gasteiger partial charge in [0.25, 0.3) is 5.89 Å². The molecule has 1 saturated carbocycles. The number of para-hydroxylation sites is 1. The molecule has 3 rings (SSSR count). The van der Waals surface area contributed by atoms with Crippen molar-refractivity contribution in [2.24, 2.45) is 0 Å². The standard InChI is InChI=1S/C15H14N2O4/c18-14(19)8-7-10-3-1-2-4-12(10)20-9-13-16-15(17-21-13)11-5-6-11/h1-4,7-8,11H,5-6,9H2,(H,18,19). The Balaban J connectivity index is 1.67. The van der Waals surface area contributed by atoms with Gasteiger partial charge in [-0.05, 0) is 25.0 Å². The summed E-state index contributed by atoms with van der Waals surface area (Å²) in [5, 5.41) is 12.6. The first-order chi connectivity index (χ1) is 10.2. The maximum Gasteiger partial charge on any atom is 0.328 e. The lowest BCUT2D eigenvalue weighted by Crippen LogP contribution is -1.98. The Morgan fingerprint density at radius 3 is 3.00 bits per heavy atom. The summed E-state index contributed by atoms with van der Waals surface area (Å²) in [4.78, 5) is 14.9. The smallest absolute Gasteiger partial charge is 0.328 e. The zero-order chi connectivity index (χ0) is 14.7. The third kappa shape index (κ3) is 3.47. The van der Waals surface area contributed by atoms with Crippen LogP contribution in [0.1, 0.15) is 36.0 Å². The van der Waals surface area contributed by atoms with E-state index < -0.39 is 5.97 Å². The molecule has 0 aliphatic heterocycles. The summed E-state index contributed by atoms with van der Waals surface area (Å²) in [5.74, 6) is 1.17. The summed E-state index contributed by atoms with van der Waals surface area (Å²) >= 11 is 0. The molecule has 0 saturated heterocycles. The van der Waals surface area contributed by atoms with Crippen LogP contribution >= 0.6 is 0 Å². The monoisotopic (exact) mass is 286 g/mol. The molecule has 1 aromatic heterocycles. The van der Waals surface area contributed by atoms with Crippen LogP contribution < -0.4 is 4.74 Å². The number of rotatable bonds is 6. The number of carboxylic acid groups (broad SMARTS) is 1. The van der Waals surface area contributed by atoms with Crippen molar-refractivity contribution < 1.29 is 19.2 Å². The lowest BCUT2D eigenvalue weighted by molar-refractivity contribution is -0.131. The molecule has 1 heterocycles. The first-order valence-corrected chi connectivity index (χ1v) is 6.67. The molecule has 0 unspecified atom stereocenters. The number of benzene rings is 1. The Kier molecular flexibility index (Phi) is 3.68. The van der Waals surface area contributed by atoms with E-state index in [1.807, 2.05) is 12.1 Å². The zero-order valence-electron chi connectivity index (χ0n) is 11.2. The summed E-state index contributed by atoms with van der Waals surface area (Å²) in [5.41, 5.74) is 0.682. The van der Waals surface area contributed by atoms with E-state index in [9.17, 15) is 4.79 Å². The molecule has 1 aliphatic carbocycles. The molecule has 108 valence electrons. The van der Waals surface area contributed by atoms with Gasteiger partial charge in [0, 0.05) is 17.6 Å². The van der Waals surface area contributed by atoms with Gasteiger partial charge in [0.2, 0.25) is 0 Å². The highest BCUT2D eigenvalue weighted by molar-refractivity contribution is 5.85. The summed E-state index contributed by atoms with van der Waals surface area (Å²) in [7, 11) is 0. The molecule has 1 N–H and O–H groups in total. The van der Waals surface area contributed by atoms with Crippen molar-refractivity contribution in [3.63, 3.8) is 0 Å². The molecule has 0 spiro atoms. The van der Waals surface area contributed by atoms with E-state index in [1.165, 1.54) is 6.08 Å². The van der Waals surface area contributed by atoms with Crippen molar-refractivity contribution in [3.8, 4) is 5.75 Å². The van der Waals surface area contributed by atoms with E-state index in [2.05, 4.69) is 10.1 Å². The van der Waals surface area contributed by atoms with Crippen LogP contribution in [0, 0.1) is 0 Å². The minimum Gasteiger partial charge on any atom is -0.483 e. The molecular weight excluding hydrogens is 272 g/mol. The Hall–Kier alpha value is -2.63. The second-order valence-corrected chi connectivity index (χ2v) is 4.82. The average Bonchev–Trinajstić information content (AvgIpc) is 3.23. The first-order valence-electron chi connectivity index (χ1n) is 6.67. The minimum absolute atomic E-state index is 0.164. The van der Waals surface area contributed by atoms with Gasteiger partial charge in [0.1, 0.15) is 5.75 Å². The third-order valence-electron chi connectivity index (χ3n) is 3.10. The number of aromatic nitrogens is 2. The SMILES string of the molecule is O=C(O)C=Cc1ccccc1OCc1nc(C2CC2)no1. The van der Waals surface area contributed by atoms with Gasteiger partial charge < -0.3 is 14.4 Å². The summed E-state index contributed by atoms with van der Waals surface area (Å²) < 4.78 is 10.8. The molecule has 1 fully saturated rings. The molecule has 1 aromatic carbocycles. The largest absolute Gasteiger partial charge is 0.483 e. The zero-order valence-corrected chi connectivity index (χ0v) is 11.2. The molecule has 0 radical (unpaired) electrons. The average molecular weight is 286 g/mol. The number of carbonyl (C=O) groups is 1. The van der Waals surface area contributed by atoms with E-state index in [4.69, 9.17) is 14.4 Å². The topological polar surface area (TPSA) is 85.5 Å². The molecule has 1 aliphatic rings. The number of hydrogen-bond donors (Lipinski definition) is 1. The third-order valence-corrected chi connectivity index (χ3v) is 3.10. The number of carboxylic acids is 1. The predicted octanol–water partition coefficient (Wildman–Crippen LogP) is 2.62. The van der Waals surface area contributed by atoms with Gasteiger partial charge in [0.15, 0.2) is 12.4 Å². The maximum absolute atomic E-state index is 10.6. The van der Waals surface area contributed by atoms with Crippen LogP contribution in [-0.2, 0) is 11.4 Å². The van der Waals surface area contributed by atoms with Crippen molar-refractivity contribution in [1.82, 2.24) is 10.1 Å². The van der Waals surface area contributed by atoms with Crippen molar-refractivity contribution >= 4 is 12.0 Å². The number of ether oxygens (including phenoxy) is 1. The van der Waals surface area contributed by atoms with Crippen molar-refractivity contribution in [3.05, 3.63) is 47.6 Å². The van der Waals surface area contributed by atoms with Crippen LogP contribution in [0.2, 0.25) is 0 Å². The molecule has 6 heteroatoms. The highest BCUT2D eigenvalue weighted by Crippen LogP contribution is 2.38. The van der Waals surface area contributed by atoms with Gasteiger partial charge in [0.05, 0.1) is 0 Å². The molecular formula is C15H14N2O4. The first kappa shape index (κ1) is 13.4. The van der Waals surface area contributed by atoms with Gasteiger partial charge in [-0.2, -0.15) is 4.98 Å². The number of nitrogens with zero attached hydrogens (tertiary/aromatic N) is 2. The fourth-order valence-electron chi connectivity index (χ4n) is 1.88. The molecule has 2 aromatic rings. The normalized spacial score (nSPS) is 14.5. The fraction of sp³-hybridized carbons (Fsp3) is 0.267. The van der Waals surface area contributed by atoms with Crippen LogP contribution in [0.3, 0.4) is 0 Å². The minimum atomic E-state index is -1.00. The highest BCUT2D eigenvalue weighted by atomic mass is 16.5. The molecule has 6 nitrogen and oxygen atoms in total. The van der Waals surface area contributed by atoms with E-state index in [0.717, 1.165) is 24.7 Å². The molecule has 0 atom stereocenters. The molecule has 0 bridgehead atoms. The lowest BCUT2D eigenvalue weighted by atomic mass is 10.2. The summed E-state index contributed by atoms with van der Waals surface area (Å²) in [6.45, 7) is 0.164. The van der Waals surface area contributed by atoms with E-state index in [-0.39, 0.29) is 6.61 Å². The lowest BCUT2D eigenvalue weighted by Gasteiger charge is -2.06. The Morgan fingerprint density at radius 2 is 2.24 bits per heavy atom. The van der Waals surface area contributed by atoms with Crippen LogP contribution in [0.4, 0.5) is 0 Å². The highest BCUT2D eigenvalue weighted by Gasteiger charge is 2.28. The van der Waals surface area contributed by atoms with Gasteiger partial charge in [-0.1, -0.05) is 23.4 Å². The van der Waals surface area contributed by atoms with Gasteiger partial charge in [-0.3, -0.25) is 0 Å². The van der Waals surface area contributed by atoms with Gasteiger partial charge in [-0.15, -0.1) is 0 Å². The van der Waals surface area contributed by atoms with Gasteiger partial charge >= 0.3 is 5.97 Å². The predicted molar refractivity (Wildman–Crippen MR) is 73.7 cm³/mol. The van der Waals surface area contributed by atoms with Crippen LogP contribution in [-0.4, -0.2) is 21.2 Å². The Bertz CT molecular complexity index is 674. The Labute approximate surface area is 121 Å². The van der Waals surface area contributed by atoms with Crippen molar-refractivity contribution in [1.29, 1.82) is 0 Å². The van der Waals surface area contributed by atoms with E-state index in [0.29, 0.717) is 23.1 Å². The van der Waals surface area contributed by atoms with Crippen molar-refractivity contribution in [2.45, 2.75) is 25.4 Å². The van der Waals surface area contributed by atoms with E-state index >= 15 is 0 Å². The molecule has 0 amide bonds. The summed E-state index contributed by atoms with van der Waals surface area (Å²) in [6, 6.07) is 7.17. The quantitative estimate of drug-likeness (QED) is 0.821. The second kappa shape index (κ2) is 5.78. The Morgan fingerprint density at radius 1 is 1.43 bits per heavy atom. The maximum atomic E-state index is 10.6. The van der Waals surface area contributed by atoms with Crippen LogP contribution in [0.25, 0.3) is 6.08 Å². The van der Waals surface area contributed by atoms with Crippen molar-refractivity contribution in [2.75, 3.05) is 0 Å². The fourth-order valence-corrected chi connectivity index (χ4v) is 1.88. The number of aliphatic carboxylic acids is 1. The summed E-state index contributed by atoms with van der Waals surface area (Å²) in [6.07, 6.45) is 4.78. The number of hydrogen-bond acceptors (Lipinski definition) is 5. The second-order valence-electron chi connectivity index (χ2n) is 4.82. The van der Waals surface area contributed by atoms with E-state index in [1.54, 1.807) is 12.1 Å². The van der Waals surface area contributed by atoms with Crippen LogP contribution in [0.5, 0.6) is 5.75 Å². The van der Waals surface area contributed by atoms with Gasteiger partial charge in [-0.25, -0.2) is 4.79 Å².